The minimum atomic E-state index is -3.71. The first-order chi connectivity index (χ1) is 15.4. The van der Waals surface area contributed by atoms with Crippen molar-refractivity contribution < 1.29 is 12.8 Å². The van der Waals surface area contributed by atoms with Crippen molar-refractivity contribution >= 4 is 41.9 Å². The van der Waals surface area contributed by atoms with E-state index >= 15 is 0 Å². The van der Waals surface area contributed by atoms with Crippen LogP contribution in [0.3, 0.4) is 0 Å². The van der Waals surface area contributed by atoms with Gasteiger partial charge in [-0.2, -0.15) is 0 Å². The number of thioether (sulfide) groups is 2. The van der Waals surface area contributed by atoms with Gasteiger partial charge in [0.15, 0.2) is 8.32 Å². The van der Waals surface area contributed by atoms with Gasteiger partial charge in [0, 0.05) is 0 Å². The molecule has 0 bridgehead atoms. The average Bonchev–Trinajstić information content (AvgIpc) is 2.77. The highest BCUT2D eigenvalue weighted by Gasteiger charge is 2.47. The van der Waals surface area contributed by atoms with Crippen LogP contribution in [0.5, 0.6) is 0 Å². The van der Waals surface area contributed by atoms with E-state index in [0.717, 1.165) is 29.1 Å². The maximum atomic E-state index is 13.5. The molecule has 4 nitrogen and oxygen atoms in total. The van der Waals surface area contributed by atoms with Crippen LogP contribution in [-0.2, 0) is 14.4 Å². The molecule has 1 aliphatic heterocycles. The molecule has 2 aromatic carbocycles. The number of benzene rings is 2. The Bertz CT molecular complexity index is 1010. The molecule has 1 fully saturated rings. The van der Waals surface area contributed by atoms with Gasteiger partial charge in [0.2, 0.25) is 10.0 Å². The molecule has 1 aliphatic rings. The summed E-state index contributed by atoms with van der Waals surface area (Å²) in [5.41, 5.74) is 2.00. The van der Waals surface area contributed by atoms with E-state index in [4.69, 9.17) is 4.43 Å². The van der Waals surface area contributed by atoms with Gasteiger partial charge >= 0.3 is 0 Å². The van der Waals surface area contributed by atoms with Gasteiger partial charge in [0.25, 0.3) is 0 Å². The summed E-state index contributed by atoms with van der Waals surface area (Å²) in [6.07, 6.45) is 1.11. The fourth-order valence-corrected chi connectivity index (χ4v) is 9.37. The van der Waals surface area contributed by atoms with Gasteiger partial charge in [0.1, 0.15) is 4.08 Å². The lowest BCUT2D eigenvalue weighted by atomic mass is 10.0. The fourth-order valence-electron chi connectivity index (χ4n) is 3.42. The number of nitrogens with one attached hydrogen (secondary N) is 1. The summed E-state index contributed by atoms with van der Waals surface area (Å²) in [4.78, 5) is 0.292. The summed E-state index contributed by atoms with van der Waals surface area (Å²) < 4.78 is 36.4. The molecule has 182 valence electrons. The molecule has 0 saturated carbocycles. The molecule has 0 unspecified atom stereocenters. The van der Waals surface area contributed by atoms with Crippen molar-refractivity contribution in [3.63, 3.8) is 0 Å². The summed E-state index contributed by atoms with van der Waals surface area (Å²) in [6, 6.07) is 16.6. The van der Waals surface area contributed by atoms with Crippen LogP contribution in [0.15, 0.2) is 59.5 Å². The average molecular weight is 524 g/mol. The van der Waals surface area contributed by atoms with Crippen molar-refractivity contribution in [2.75, 3.05) is 18.1 Å². The third-order valence-electron chi connectivity index (χ3n) is 6.60. The molecule has 0 amide bonds. The number of sulfonamides is 1. The van der Waals surface area contributed by atoms with Gasteiger partial charge in [-0.1, -0.05) is 68.8 Å². The molecular weight excluding hydrogens is 487 g/mol. The lowest BCUT2D eigenvalue weighted by Gasteiger charge is -2.45. The van der Waals surface area contributed by atoms with Crippen molar-refractivity contribution in [1.82, 2.24) is 4.72 Å². The van der Waals surface area contributed by atoms with Crippen LogP contribution < -0.4 is 4.72 Å². The zero-order valence-corrected chi connectivity index (χ0v) is 24.0. The normalized spacial score (nSPS) is 18.1. The van der Waals surface area contributed by atoms with Crippen LogP contribution in [0, 0.1) is 6.92 Å². The standard InChI is InChI=1S/C25H37NO3S3Si/c1-20-13-15-22(16-14-20)32(27,28)26-23(21-11-8-7-9-12-21)25(30-17-10-18-31-25)19-29-33(5,6)24(2,3)4/h7-9,11-16,23,26H,10,17-19H2,1-6H3/t23-/m0/s1. The van der Waals surface area contributed by atoms with Crippen LogP contribution >= 0.6 is 23.5 Å². The zero-order chi connectivity index (χ0) is 24.3. The van der Waals surface area contributed by atoms with Crippen LogP contribution in [0.4, 0.5) is 0 Å². The molecule has 1 N–H and O–H groups in total. The molecule has 0 spiro atoms. The van der Waals surface area contributed by atoms with Gasteiger partial charge in [-0.05, 0) is 60.7 Å². The topological polar surface area (TPSA) is 55.4 Å². The second kappa shape index (κ2) is 10.5. The van der Waals surface area contributed by atoms with Crippen LogP contribution in [-0.4, -0.2) is 38.9 Å². The van der Waals surface area contributed by atoms with Crippen LogP contribution in [0.1, 0.15) is 44.4 Å². The number of aryl methyl sites for hydroxylation is 1. The Morgan fingerprint density at radius 3 is 2.15 bits per heavy atom. The van der Waals surface area contributed by atoms with E-state index in [0.29, 0.717) is 11.5 Å². The second-order valence-corrected chi connectivity index (χ2v) is 19.8. The molecule has 2 aromatic rings. The van der Waals surface area contributed by atoms with E-state index in [-0.39, 0.29) is 5.04 Å². The largest absolute Gasteiger partial charge is 0.414 e. The smallest absolute Gasteiger partial charge is 0.241 e. The SMILES string of the molecule is Cc1ccc(S(=O)(=O)N[C@@H](c2ccccc2)C2(CO[Si](C)(C)C(C)(C)C)SCCCS2)cc1. The third-order valence-corrected chi connectivity index (χ3v) is 15.9. The van der Waals surface area contributed by atoms with Crippen molar-refractivity contribution in [3.8, 4) is 0 Å². The Morgan fingerprint density at radius 1 is 1.03 bits per heavy atom. The summed E-state index contributed by atoms with van der Waals surface area (Å²) in [6.45, 7) is 13.7. The number of hydrogen-bond acceptors (Lipinski definition) is 5. The van der Waals surface area contributed by atoms with Gasteiger partial charge < -0.3 is 4.43 Å². The first kappa shape index (κ1) is 26.8. The molecule has 33 heavy (non-hydrogen) atoms. The van der Waals surface area contributed by atoms with Gasteiger partial charge in [-0.25, -0.2) is 13.1 Å². The fraction of sp³-hybridized carbons (Fsp3) is 0.520. The van der Waals surface area contributed by atoms with E-state index in [1.54, 1.807) is 12.1 Å². The van der Waals surface area contributed by atoms with E-state index in [1.807, 2.05) is 72.9 Å². The molecule has 1 saturated heterocycles. The highest BCUT2D eigenvalue weighted by atomic mass is 32.2. The maximum absolute atomic E-state index is 13.5. The van der Waals surface area contributed by atoms with Crippen molar-refractivity contribution in [1.29, 1.82) is 0 Å². The highest BCUT2D eigenvalue weighted by Crippen LogP contribution is 2.52. The molecule has 1 atom stereocenters. The minimum Gasteiger partial charge on any atom is -0.414 e. The van der Waals surface area contributed by atoms with Gasteiger partial charge in [0.05, 0.1) is 17.5 Å². The third kappa shape index (κ3) is 6.47. The maximum Gasteiger partial charge on any atom is 0.241 e. The van der Waals surface area contributed by atoms with Crippen molar-refractivity contribution in [2.45, 2.75) is 67.3 Å². The van der Waals surface area contributed by atoms with Gasteiger partial charge in [-0.15, -0.1) is 23.5 Å². The Hall–Kier alpha value is -0.773. The zero-order valence-electron chi connectivity index (χ0n) is 20.6. The van der Waals surface area contributed by atoms with Crippen LogP contribution in [0.2, 0.25) is 18.1 Å². The summed E-state index contributed by atoms with van der Waals surface area (Å²) >= 11 is 3.67. The molecule has 0 aromatic heterocycles. The van der Waals surface area contributed by atoms with E-state index in [2.05, 4.69) is 38.6 Å². The summed E-state index contributed by atoms with van der Waals surface area (Å²) in [7, 11) is -5.73. The molecule has 1 heterocycles. The Balaban J connectivity index is 2.01. The molecule has 0 radical (unpaired) electrons. The lowest BCUT2D eigenvalue weighted by molar-refractivity contribution is 0.263. The number of rotatable bonds is 8. The Labute approximate surface area is 209 Å². The second-order valence-electron chi connectivity index (χ2n) is 10.2. The Morgan fingerprint density at radius 2 is 1.61 bits per heavy atom. The lowest BCUT2D eigenvalue weighted by Crippen LogP contribution is -2.50. The molecular formula is C25H37NO3S3Si. The summed E-state index contributed by atoms with van der Waals surface area (Å²) in [5.74, 6) is 1.98. The molecule has 0 aliphatic carbocycles. The monoisotopic (exact) mass is 523 g/mol. The first-order valence-corrected chi connectivity index (χ1v) is 17.8. The van der Waals surface area contributed by atoms with E-state index in [1.165, 1.54) is 0 Å². The number of hydrogen-bond donors (Lipinski definition) is 1. The molecule has 3 rings (SSSR count). The van der Waals surface area contributed by atoms with E-state index in [9.17, 15) is 8.42 Å². The minimum absolute atomic E-state index is 0.0852. The Kier molecular flexibility index (Phi) is 8.50. The highest BCUT2D eigenvalue weighted by molar-refractivity contribution is 8.18. The van der Waals surface area contributed by atoms with Crippen molar-refractivity contribution in [3.05, 3.63) is 65.7 Å². The molecule has 8 heteroatoms. The van der Waals surface area contributed by atoms with Crippen LogP contribution in [0.25, 0.3) is 0 Å². The van der Waals surface area contributed by atoms with Crippen molar-refractivity contribution in [2.24, 2.45) is 0 Å². The predicted molar refractivity (Wildman–Crippen MR) is 146 cm³/mol. The summed E-state index contributed by atoms with van der Waals surface area (Å²) in [5, 5.41) is 0.0852. The van der Waals surface area contributed by atoms with Gasteiger partial charge in [-0.3, -0.25) is 0 Å². The quantitative estimate of drug-likeness (QED) is 0.395. The first-order valence-electron chi connectivity index (χ1n) is 11.4. The predicted octanol–water partition coefficient (Wildman–Crippen LogP) is 6.60. The van der Waals surface area contributed by atoms with E-state index < -0.39 is 28.5 Å².